The molecule has 0 saturated heterocycles. The van der Waals surface area contributed by atoms with E-state index in [0.29, 0.717) is 6.42 Å². The van der Waals surface area contributed by atoms with Gasteiger partial charge in [-0.3, -0.25) is 4.79 Å². The smallest absolute Gasteiger partial charge is 0.321 e. The van der Waals surface area contributed by atoms with E-state index in [1.165, 1.54) is 12.1 Å². The van der Waals surface area contributed by atoms with Crippen molar-refractivity contribution in [3.63, 3.8) is 0 Å². The van der Waals surface area contributed by atoms with Crippen molar-refractivity contribution in [3.8, 4) is 0 Å². The largest absolute Gasteiger partial charge is 0.480 e. The maximum atomic E-state index is 12.9. The van der Waals surface area contributed by atoms with Crippen LogP contribution in [0.5, 0.6) is 0 Å². The molecule has 1 aromatic rings. The third kappa shape index (κ3) is 3.45. The molecule has 0 aliphatic heterocycles. The number of nitrogens with two attached hydrogens (primary N) is 1. The summed E-state index contributed by atoms with van der Waals surface area (Å²) in [6.45, 7) is 0. The topological polar surface area (TPSA) is 63.3 Å². The minimum Gasteiger partial charge on any atom is -0.480 e. The van der Waals surface area contributed by atoms with E-state index >= 15 is 0 Å². The van der Waals surface area contributed by atoms with E-state index in [2.05, 4.69) is 0 Å². The van der Waals surface area contributed by atoms with E-state index < -0.39 is 12.0 Å². The van der Waals surface area contributed by atoms with Crippen molar-refractivity contribution in [3.05, 3.63) is 35.6 Å². The summed E-state index contributed by atoms with van der Waals surface area (Å²) in [5.74, 6) is -1.22. The molecule has 1 fully saturated rings. The average molecular weight is 288 g/mol. The van der Waals surface area contributed by atoms with Crippen LogP contribution in [-0.4, -0.2) is 17.1 Å². The van der Waals surface area contributed by atoms with Crippen LogP contribution >= 0.6 is 12.4 Å². The molecule has 106 valence electrons. The van der Waals surface area contributed by atoms with Gasteiger partial charge in [0.25, 0.3) is 0 Å². The van der Waals surface area contributed by atoms with Crippen LogP contribution in [0.15, 0.2) is 24.3 Å². The van der Waals surface area contributed by atoms with Crippen LogP contribution in [0.4, 0.5) is 4.39 Å². The molecule has 0 bridgehead atoms. The van der Waals surface area contributed by atoms with E-state index in [-0.39, 0.29) is 23.6 Å². The maximum absolute atomic E-state index is 12.9. The lowest BCUT2D eigenvalue weighted by Gasteiger charge is -2.32. The number of hydrogen-bond donors (Lipinski definition) is 2. The molecule has 19 heavy (non-hydrogen) atoms. The molecule has 5 heteroatoms. The van der Waals surface area contributed by atoms with E-state index in [0.717, 1.165) is 31.2 Å². The van der Waals surface area contributed by atoms with Crippen LogP contribution in [0.25, 0.3) is 0 Å². The number of rotatable bonds is 4. The molecule has 3 nitrogen and oxygen atoms in total. The molecule has 0 aromatic heterocycles. The predicted octanol–water partition coefficient (Wildman–Crippen LogP) is 2.76. The molecule has 1 saturated carbocycles. The fourth-order valence-electron chi connectivity index (χ4n) is 2.95. The Balaban J connectivity index is 0.00000180. The van der Waals surface area contributed by atoms with Gasteiger partial charge in [0, 0.05) is 5.41 Å². The summed E-state index contributed by atoms with van der Waals surface area (Å²) in [6.07, 6.45) is 4.31. The highest BCUT2D eigenvalue weighted by molar-refractivity contribution is 5.85. The van der Waals surface area contributed by atoms with Crippen LogP contribution in [0.2, 0.25) is 0 Å². The fraction of sp³-hybridized carbons (Fsp3) is 0.500. The lowest BCUT2D eigenvalue weighted by atomic mass is 9.74. The Morgan fingerprint density at radius 3 is 2.32 bits per heavy atom. The zero-order valence-electron chi connectivity index (χ0n) is 10.6. The molecule has 0 radical (unpaired) electrons. The number of aliphatic carboxylic acids is 1. The van der Waals surface area contributed by atoms with Gasteiger partial charge in [0.1, 0.15) is 11.9 Å². The molecule has 0 heterocycles. The second-order valence-electron chi connectivity index (χ2n) is 5.19. The van der Waals surface area contributed by atoms with E-state index in [9.17, 15) is 9.18 Å². The van der Waals surface area contributed by atoms with Crippen molar-refractivity contribution >= 4 is 18.4 Å². The zero-order chi connectivity index (χ0) is 13.2. The molecular weight excluding hydrogens is 269 g/mol. The Hall–Kier alpha value is -1.13. The summed E-state index contributed by atoms with van der Waals surface area (Å²) >= 11 is 0. The number of carbonyl (C=O) groups is 1. The summed E-state index contributed by atoms with van der Waals surface area (Å²) in [5.41, 5.74) is 6.44. The normalized spacial score (nSPS) is 18.6. The van der Waals surface area contributed by atoms with Gasteiger partial charge in [-0.15, -0.1) is 12.4 Å². The van der Waals surface area contributed by atoms with Gasteiger partial charge in [0.05, 0.1) is 0 Å². The lowest BCUT2D eigenvalue weighted by molar-refractivity contribution is -0.141. The Morgan fingerprint density at radius 2 is 1.84 bits per heavy atom. The maximum Gasteiger partial charge on any atom is 0.321 e. The highest BCUT2D eigenvalue weighted by atomic mass is 35.5. The first-order valence-electron chi connectivity index (χ1n) is 6.26. The van der Waals surface area contributed by atoms with Crippen molar-refractivity contribution in [2.45, 2.75) is 38.1 Å². The first kappa shape index (κ1) is 15.9. The highest BCUT2D eigenvalue weighted by Gasteiger charge is 2.43. The number of hydrogen-bond acceptors (Lipinski definition) is 2. The second kappa shape index (κ2) is 6.35. The molecule has 0 spiro atoms. The summed E-state index contributed by atoms with van der Waals surface area (Å²) in [5, 5.41) is 9.14. The highest BCUT2D eigenvalue weighted by Crippen LogP contribution is 2.43. The molecule has 1 aliphatic rings. The van der Waals surface area contributed by atoms with Crippen LogP contribution in [-0.2, 0) is 11.2 Å². The molecule has 1 aliphatic carbocycles. The Kier molecular flexibility index (Phi) is 5.32. The van der Waals surface area contributed by atoms with Gasteiger partial charge >= 0.3 is 5.97 Å². The molecule has 3 N–H and O–H groups in total. The van der Waals surface area contributed by atoms with Gasteiger partial charge in [-0.05, 0) is 37.0 Å². The number of benzene rings is 1. The molecule has 1 atom stereocenters. The van der Waals surface area contributed by atoms with Gasteiger partial charge in [-0.1, -0.05) is 25.0 Å². The predicted molar refractivity (Wildman–Crippen MR) is 73.9 cm³/mol. The standard InChI is InChI=1S/C14H18FNO2.ClH/c15-11-5-3-10(4-6-11)9-14(7-1-2-8-14)12(16)13(17)18;/h3-6,12H,1-2,7-9,16H2,(H,17,18);1H. The van der Waals surface area contributed by atoms with Gasteiger partial charge in [-0.2, -0.15) is 0 Å². The van der Waals surface area contributed by atoms with E-state index in [1.807, 2.05) is 0 Å². The van der Waals surface area contributed by atoms with E-state index in [1.54, 1.807) is 12.1 Å². The second-order valence-corrected chi connectivity index (χ2v) is 5.19. The van der Waals surface area contributed by atoms with Gasteiger partial charge in [0.15, 0.2) is 0 Å². The summed E-state index contributed by atoms with van der Waals surface area (Å²) in [7, 11) is 0. The summed E-state index contributed by atoms with van der Waals surface area (Å²) in [6, 6.07) is 5.40. The van der Waals surface area contributed by atoms with E-state index in [4.69, 9.17) is 10.8 Å². The molecule has 1 unspecified atom stereocenters. The van der Waals surface area contributed by atoms with Crippen LogP contribution < -0.4 is 5.73 Å². The number of halogens is 2. The average Bonchev–Trinajstić information content (AvgIpc) is 2.81. The Morgan fingerprint density at radius 1 is 1.32 bits per heavy atom. The number of carboxylic acids is 1. The van der Waals surface area contributed by atoms with Gasteiger partial charge in [-0.25, -0.2) is 4.39 Å². The Bertz CT molecular complexity index is 430. The monoisotopic (exact) mass is 287 g/mol. The SMILES string of the molecule is Cl.NC(C(=O)O)C1(Cc2ccc(F)cc2)CCCC1. The van der Waals surface area contributed by atoms with Crippen LogP contribution in [0, 0.1) is 11.2 Å². The van der Waals surface area contributed by atoms with Crippen LogP contribution in [0.3, 0.4) is 0 Å². The van der Waals surface area contributed by atoms with Crippen molar-refractivity contribution in [2.75, 3.05) is 0 Å². The van der Waals surface area contributed by atoms with Crippen LogP contribution in [0.1, 0.15) is 31.2 Å². The van der Waals surface area contributed by atoms with Crippen molar-refractivity contribution in [1.29, 1.82) is 0 Å². The third-order valence-electron chi connectivity index (χ3n) is 3.99. The quantitative estimate of drug-likeness (QED) is 0.895. The fourth-order valence-corrected chi connectivity index (χ4v) is 2.95. The minimum atomic E-state index is -0.945. The van der Waals surface area contributed by atoms with Crippen molar-refractivity contribution < 1.29 is 14.3 Å². The zero-order valence-corrected chi connectivity index (χ0v) is 11.5. The van der Waals surface area contributed by atoms with Crippen molar-refractivity contribution in [2.24, 2.45) is 11.1 Å². The number of carboxylic acid groups (broad SMARTS) is 1. The van der Waals surface area contributed by atoms with Gasteiger partial charge in [0.2, 0.25) is 0 Å². The first-order chi connectivity index (χ1) is 8.53. The molecule has 0 amide bonds. The summed E-state index contributed by atoms with van der Waals surface area (Å²) < 4.78 is 12.9. The molecule has 2 rings (SSSR count). The van der Waals surface area contributed by atoms with Crippen molar-refractivity contribution in [1.82, 2.24) is 0 Å². The van der Waals surface area contributed by atoms with Gasteiger partial charge < -0.3 is 10.8 Å². The minimum absolute atomic E-state index is 0. The Labute approximate surface area is 118 Å². The molecule has 1 aromatic carbocycles. The lowest BCUT2D eigenvalue weighted by Crippen LogP contribution is -2.47. The first-order valence-corrected chi connectivity index (χ1v) is 6.26. The molecular formula is C14H19ClFNO2. The third-order valence-corrected chi connectivity index (χ3v) is 3.99. The summed E-state index contributed by atoms with van der Waals surface area (Å²) in [4.78, 5) is 11.2.